The molecule has 4 aromatic rings. The summed E-state index contributed by atoms with van der Waals surface area (Å²) < 4.78 is 48.8. The molecule has 0 radical (unpaired) electrons. The lowest BCUT2D eigenvalue weighted by Gasteiger charge is -2.31. The lowest BCUT2D eigenvalue weighted by molar-refractivity contribution is 0.153. The van der Waals surface area contributed by atoms with Crippen molar-refractivity contribution in [3.05, 3.63) is 66.1 Å². The minimum Gasteiger partial charge on any atom is -0.494 e. The van der Waals surface area contributed by atoms with Crippen LogP contribution in [0.5, 0.6) is 5.75 Å². The molecule has 0 aliphatic carbocycles. The summed E-state index contributed by atoms with van der Waals surface area (Å²) in [5, 5.41) is 5.61. The van der Waals surface area contributed by atoms with Crippen molar-refractivity contribution in [3.63, 3.8) is 0 Å². The van der Waals surface area contributed by atoms with Crippen LogP contribution in [0.15, 0.2) is 59.6 Å². The molecule has 1 fully saturated rings. The number of nitrogens with zero attached hydrogens (tertiary/aromatic N) is 2. The third kappa shape index (κ3) is 3.67. The summed E-state index contributed by atoms with van der Waals surface area (Å²) in [7, 11) is 1.66. The Labute approximate surface area is 188 Å². The summed E-state index contributed by atoms with van der Waals surface area (Å²) in [5.41, 5.74) is 1.29. The molecule has 0 spiro atoms. The normalized spacial score (nSPS) is 14.6. The zero-order chi connectivity index (χ0) is 22.2. The Morgan fingerprint density at radius 1 is 1.00 bits per heavy atom. The molecule has 1 saturated heterocycles. The van der Waals surface area contributed by atoms with Crippen molar-refractivity contribution in [1.29, 1.82) is 0 Å². The number of fused-ring (bicyclic) bond motifs is 2. The first-order valence-corrected chi connectivity index (χ1v) is 11.2. The Morgan fingerprint density at radius 3 is 2.47 bits per heavy atom. The number of halogens is 3. The first kappa shape index (κ1) is 21.0. The molecule has 0 saturated carbocycles. The maximum atomic E-state index is 14.0. The van der Waals surface area contributed by atoms with E-state index in [0.29, 0.717) is 10.9 Å². The van der Waals surface area contributed by atoms with Gasteiger partial charge in [0.05, 0.1) is 18.3 Å². The fourth-order valence-corrected chi connectivity index (χ4v) is 5.35. The summed E-state index contributed by atoms with van der Waals surface area (Å²) in [6.45, 7) is 3.42. The van der Waals surface area contributed by atoms with Crippen LogP contribution in [0.2, 0.25) is 0 Å². The number of methoxy groups -OCH3 is 1. The van der Waals surface area contributed by atoms with Gasteiger partial charge in [-0.1, -0.05) is 24.3 Å². The molecule has 1 N–H and O–H groups in total. The van der Waals surface area contributed by atoms with E-state index in [-0.39, 0.29) is 5.56 Å². The van der Waals surface area contributed by atoms with Crippen molar-refractivity contribution < 1.29 is 17.9 Å². The molecule has 1 aliphatic rings. The molecule has 5 rings (SSSR count). The smallest absolute Gasteiger partial charge is 0.265 e. The minimum absolute atomic E-state index is 0.104. The molecule has 166 valence electrons. The number of piperazine rings is 1. The molecule has 1 aromatic heterocycles. The standard InChI is InChI=1S/C24H22F3N3OS/c1-31-23-18-5-3-2-4-17(18)22(13-21(23)29-10-8-28-9-11-29)32-30-14-19(24(26)27)16-7-6-15(25)12-20(16)30/h2-7,12-14,24,28H,8-11H2,1H3. The van der Waals surface area contributed by atoms with Crippen LogP contribution in [0.1, 0.15) is 12.0 Å². The summed E-state index contributed by atoms with van der Waals surface area (Å²) >= 11 is 1.31. The van der Waals surface area contributed by atoms with E-state index in [1.54, 1.807) is 11.1 Å². The lowest BCUT2D eigenvalue weighted by Crippen LogP contribution is -2.43. The van der Waals surface area contributed by atoms with Crippen LogP contribution in [-0.4, -0.2) is 37.3 Å². The molecule has 2 heterocycles. The molecular formula is C24H22F3N3OS. The van der Waals surface area contributed by atoms with Gasteiger partial charge >= 0.3 is 0 Å². The van der Waals surface area contributed by atoms with E-state index in [9.17, 15) is 13.2 Å². The maximum Gasteiger partial charge on any atom is 0.265 e. The quantitative estimate of drug-likeness (QED) is 0.407. The largest absolute Gasteiger partial charge is 0.494 e. The van der Waals surface area contributed by atoms with Gasteiger partial charge in [0, 0.05) is 59.0 Å². The number of ether oxygens (including phenoxy) is 1. The monoisotopic (exact) mass is 457 g/mol. The fraction of sp³-hybridized carbons (Fsp3) is 0.250. The molecule has 8 heteroatoms. The van der Waals surface area contributed by atoms with E-state index in [4.69, 9.17) is 4.74 Å². The Morgan fingerprint density at radius 2 is 1.75 bits per heavy atom. The number of hydrogen-bond donors (Lipinski definition) is 1. The predicted octanol–water partition coefficient (Wildman–Crippen LogP) is 5.84. The van der Waals surface area contributed by atoms with Crippen molar-refractivity contribution in [2.75, 3.05) is 38.2 Å². The molecule has 0 unspecified atom stereocenters. The second kappa shape index (κ2) is 8.60. The summed E-state index contributed by atoms with van der Waals surface area (Å²) in [5.74, 6) is 0.336. The van der Waals surface area contributed by atoms with E-state index in [0.717, 1.165) is 53.3 Å². The second-order valence-electron chi connectivity index (χ2n) is 7.67. The molecule has 0 amide bonds. The SMILES string of the molecule is COc1c(N2CCNCC2)cc(Sn2cc(C(F)F)c3ccc(F)cc32)c2ccccc12. The third-order valence-corrected chi connectivity index (χ3v) is 6.83. The van der Waals surface area contributed by atoms with Crippen LogP contribution in [0, 0.1) is 5.82 Å². The van der Waals surface area contributed by atoms with Crippen LogP contribution >= 0.6 is 11.9 Å². The van der Waals surface area contributed by atoms with E-state index in [1.165, 1.54) is 36.3 Å². The Bertz CT molecular complexity index is 1280. The highest BCUT2D eigenvalue weighted by atomic mass is 32.2. The molecule has 4 nitrogen and oxygen atoms in total. The maximum absolute atomic E-state index is 14.0. The van der Waals surface area contributed by atoms with E-state index in [2.05, 4.69) is 10.2 Å². The first-order valence-electron chi connectivity index (χ1n) is 10.4. The topological polar surface area (TPSA) is 29.4 Å². The van der Waals surface area contributed by atoms with Gasteiger partial charge in [-0.15, -0.1) is 0 Å². The van der Waals surface area contributed by atoms with Gasteiger partial charge in [-0.05, 0) is 36.2 Å². The van der Waals surface area contributed by atoms with E-state index >= 15 is 0 Å². The van der Waals surface area contributed by atoms with Crippen LogP contribution in [0.4, 0.5) is 18.9 Å². The van der Waals surface area contributed by atoms with Crippen molar-refractivity contribution in [2.45, 2.75) is 11.3 Å². The van der Waals surface area contributed by atoms with Crippen LogP contribution in [0.25, 0.3) is 21.7 Å². The molecular weight excluding hydrogens is 435 g/mol. The van der Waals surface area contributed by atoms with Crippen LogP contribution in [0.3, 0.4) is 0 Å². The number of alkyl halides is 2. The Balaban J connectivity index is 1.69. The number of nitrogens with one attached hydrogen (secondary N) is 1. The fourth-order valence-electron chi connectivity index (χ4n) is 4.28. The van der Waals surface area contributed by atoms with Crippen LogP contribution in [-0.2, 0) is 0 Å². The average Bonchev–Trinajstić information content (AvgIpc) is 3.17. The van der Waals surface area contributed by atoms with Gasteiger partial charge in [-0.3, -0.25) is 3.97 Å². The summed E-state index contributed by atoms with van der Waals surface area (Å²) in [6.07, 6.45) is -1.24. The van der Waals surface area contributed by atoms with Crippen molar-refractivity contribution in [3.8, 4) is 5.75 Å². The van der Waals surface area contributed by atoms with Crippen LogP contribution < -0.4 is 15.0 Å². The van der Waals surface area contributed by atoms with Gasteiger partial charge < -0.3 is 15.0 Å². The van der Waals surface area contributed by atoms with Crippen molar-refractivity contribution in [1.82, 2.24) is 9.29 Å². The van der Waals surface area contributed by atoms with Gasteiger partial charge in [-0.2, -0.15) is 0 Å². The number of aromatic nitrogens is 1. The van der Waals surface area contributed by atoms with Gasteiger partial charge in [0.25, 0.3) is 6.43 Å². The lowest BCUT2D eigenvalue weighted by atomic mass is 10.1. The number of benzene rings is 3. The molecule has 32 heavy (non-hydrogen) atoms. The second-order valence-corrected chi connectivity index (χ2v) is 8.69. The number of rotatable bonds is 5. The summed E-state index contributed by atoms with van der Waals surface area (Å²) in [6, 6.07) is 13.9. The Kier molecular flexibility index (Phi) is 5.65. The number of hydrogen-bond acceptors (Lipinski definition) is 4. The molecule has 0 bridgehead atoms. The van der Waals surface area contributed by atoms with E-state index < -0.39 is 12.2 Å². The van der Waals surface area contributed by atoms with Gasteiger partial charge in [0.1, 0.15) is 11.6 Å². The highest BCUT2D eigenvalue weighted by Gasteiger charge is 2.22. The Hall–Kier alpha value is -2.84. The zero-order valence-corrected chi connectivity index (χ0v) is 18.3. The van der Waals surface area contributed by atoms with Gasteiger partial charge in [-0.25, -0.2) is 13.2 Å². The van der Waals surface area contributed by atoms with Gasteiger partial charge in [0.2, 0.25) is 0 Å². The minimum atomic E-state index is -2.64. The number of anilines is 1. The van der Waals surface area contributed by atoms with Crippen molar-refractivity contribution in [2.24, 2.45) is 0 Å². The highest BCUT2D eigenvalue weighted by molar-refractivity contribution is 7.98. The van der Waals surface area contributed by atoms with E-state index in [1.807, 2.05) is 30.3 Å². The average molecular weight is 458 g/mol. The zero-order valence-electron chi connectivity index (χ0n) is 17.4. The molecule has 1 aliphatic heterocycles. The molecule has 0 atom stereocenters. The predicted molar refractivity (Wildman–Crippen MR) is 124 cm³/mol. The third-order valence-electron chi connectivity index (χ3n) is 5.80. The first-order chi connectivity index (χ1) is 15.6. The van der Waals surface area contributed by atoms with Gasteiger partial charge in [0.15, 0.2) is 0 Å². The highest BCUT2D eigenvalue weighted by Crippen LogP contribution is 2.44. The van der Waals surface area contributed by atoms with Crippen molar-refractivity contribution >= 4 is 39.3 Å². The summed E-state index contributed by atoms with van der Waals surface area (Å²) in [4.78, 5) is 3.15. The molecule has 3 aromatic carbocycles.